The van der Waals surface area contributed by atoms with Gasteiger partial charge in [-0.25, -0.2) is 0 Å². The molecule has 1 aromatic rings. The van der Waals surface area contributed by atoms with Gasteiger partial charge >= 0.3 is 0 Å². The van der Waals surface area contributed by atoms with Crippen LogP contribution in [-0.4, -0.2) is 23.9 Å². The Labute approximate surface area is 104 Å². The minimum atomic E-state index is 0.189. The summed E-state index contributed by atoms with van der Waals surface area (Å²) in [6, 6.07) is 10.0. The fourth-order valence-corrected chi connectivity index (χ4v) is 1.73. The molecule has 0 aliphatic heterocycles. The minimum absolute atomic E-state index is 0.189. The van der Waals surface area contributed by atoms with Crippen molar-refractivity contribution in [1.82, 2.24) is 4.90 Å². The van der Waals surface area contributed by atoms with Gasteiger partial charge in [-0.1, -0.05) is 44.2 Å². The summed E-state index contributed by atoms with van der Waals surface area (Å²) < 4.78 is 0. The fraction of sp³-hybridized carbons (Fsp3) is 0.500. The maximum absolute atomic E-state index is 12.0. The van der Waals surface area contributed by atoms with Crippen LogP contribution in [-0.2, 0) is 11.3 Å². The zero-order valence-electron chi connectivity index (χ0n) is 10.7. The maximum atomic E-state index is 12.0. The highest BCUT2D eigenvalue weighted by Crippen LogP contribution is 2.09. The fourth-order valence-electron chi connectivity index (χ4n) is 1.73. The van der Waals surface area contributed by atoms with Crippen molar-refractivity contribution >= 4 is 5.91 Å². The lowest BCUT2D eigenvalue weighted by Gasteiger charge is -2.23. The molecule has 2 N–H and O–H groups in total. The smallest absolute Gasteiger partial charge is 0.223 e. The molecule has 0 fully saturated rings. The monoisotopic (exact) mass is 234 g/mol. The third-order valence-electron chi connectivity index (χ3n) is 2.55. The second kappa shape index (κ2) is 7.07. The van der Waals surface area contributed by atoms with Crippen LogP contribution in [0.1, 0.15) is 25.8 Å². The van der Waals surface area contributed by atoms with Crippen LogP contribution in [0.5, 0.6) is 0 Å². The van der Waals surface area contributed by atoms with Gasteiger partial charge in [0.25, 0.3) is 0 Å². The number of carbonyl (C=O) groups excluding carboxylic acids is 1. The van der Waals surface area contributed by atoms with E-state index >= 15 is 0 Å². The van der Waals surface area contributed by atoms with Crippen LogP contribution in [0, 0.1) is 5.92 Å². The zero-order valence-corrected chi connectivity index (χ0v) is 10.7. The third kappa shape index (κ3) is 5.00. The lowest BCUT2D eigenvalue weighted by atomic mass is 10.1. The van der Waals surface area contributed by atoms with E-state index in [2.05, 4.69) is 13.8 Å². The molecule has 0 aliphatic carbocycles. The summed E-state index contributed by atoms with van der Waals surface area (Å²) in [6.45, 7) is 5.91. The first-order valence-corrected chi connectivity index (χ1v) is 6.15. The molecule has 0 aliphatic rings. The average molecular weight is 234 g/mol. The summed E-state index contributed by atoms with van der Waals surface area (Å²) in [5.74, 6) is 0.577. The van der Waals surface area contributed by atoms with E-state index in [-0.39, 0.29) is 5.91 Å². The van der Waals surface area contributed by atoms with Crippen molar-refractivity contribution in [2.75, 3.05) is 13.1 Å². The molecule has 3 nitrogen and oxygen atoms in total. The summed E-state index contributed by atoms with van der Waals surface area (Å²) >= 11 is 0. The molecule has 0 unspecified atom stereocenters. The summed E-state index contributed by atoms with van der Waals surface area (Å²) in [7, 11) is 0. The summed E-state index contributed by atoms with van der Waals surface area (Å²) in [4.78, 5) is 13.9. The number of hydrogen-bond donors (Lipinski definition) is 1. The molecule has 0 radical (unpaired) electrons. The lowest BCUT2D eigenvalue weighted by molar-refractivity contribution is -0.132. The van der Waals surface area contributed by atoms with Gasteiger partial charge in [0.2, 0.25) is 5.91 Å². The number of hydrogen-bond acceptors (Lipinski definition) is 2. The molecular weight excluding hydrogens is 212 g/mol. The van der Waals surface area contributed by atoms with Crippen LogP contribution in [0.2, 0.25) is 0 Å². The maximum Gasteiger partial charge on any atom is 0.223 e. The van der Waals surface area contributed by atoms with Crippen LogP contribution in [0.4, 0.5) is 0 Å². The third-order valence-corrected chi connectivity index (χ3v) is 2.55. The van der Waals surface area contributed by atoms with E-state index in [1.54, 1.807) is 0 Å². The van der Waals surface area contributed by atoms with Gasteiger partial charge in [-0.15, -0.1) is 0 Å². The Hall–Kier alpha value is -1.35. The first-order chi connectivity index (χ1) is 8.13. The van der Waals surface area contributed by atoms with E-state index in [4.69, 9.17) is 5.73 Å². The van der Waals surface area contributed by atoms with Gasteiger partial charge in [0, 0.05) is 26.1 Å². The highest BCUT2D eigenvalue weighted by molar-refractivity contribution is 5.76. The number of nitrogens with zero attached hydrogens (tertiary/aromatic N) is 1. The SMILES string of the molecule is CC(C)CC(=O)N(CCN)Cc1ccccc1. The molecule has 0 atom stereocenters. The number of rotatable bonds is 6. The number of carbonyl (C=O) groups is 1. The molecular formula is C14H22N2O. The molecule has 1 aromatic carbocycles. The topological polar surface area (TPSA) is 46.3 Å². The Balaban J connectivity index is 2.63. The van der Waals surface area contributed by atoms with Crippen molar-refractivity contribution < 1.29 is 4.79 Å². The van der Waals surface area contributed by atoms with Crippen LogP contribution in [0.25, 0.3) is 0 Å². The van der Waals surface area contributed by atoms with Crippen molar-refractivity contribution in [2.24, 2.45) is 11.7 Å². The predicted molar refractivity (Wildman–Crippen MR) is 70.4 cm³/mol. The van der Waals surface area contributed by atoms with Crippen molar-refractivity contribution in [1.29, 1.82) is 0 Å². The molecule has 1 amide bonds. The largest absolute Gasteiger partial charge is 0.337 e. The van der Waals surface area contributed by atoms with E-state index in [9.17, 15) is 4.79 Å². The van der Waals surface area contributed by atoms with Crippen LogP contribution < -0.4 is 5.73 Å². The van der Waals surface area contributed by atoms with Gasteiger partial charge in [0.15, 0.2) is 0 Å². The molecule has 94 valence electrons. The van der Waals surface area contributed by atoms with Crippen molar-refractivity contribution in [3.63, 3.8) is 0 Å². The molecule has 17 heavy (non-hydrogen) atoms. The molecule has 1 rings (SSSR count). The molecule has 0 heterocycles. The van der Waals surface area contributed by atoms with Gasteiger partial charge in [-0.05, 0) is 11.5 Å². The van der Waals surface area contributed by atoms with Crippen molar-refractivity contribution in [3.8, 4) is 0 Å². The van der Waals surface area contributed by atoms with E-state index in [0.29, 0.717) is 32.0 Å². The van der Waals surface area contributed by atoms with Gasteiger partial charge in [0.05, 0.1) is 0 Å². The molecule has 0 bridgehead atoms. The van der Waals surface area contributed by atoms with Gasteiger partial charge in [-0.3, -0.25) is 4.79 Å². The zero-order chi connectivity index (χ0) is 12.7. The first kappa shape index (κ1) is 13.7. The van der Waals surface area contributed by atoms with Gasteiger partial charge in [0.1, 0.15) is 0 Å². The standard InChI is InChI=1S/C14H22N2O/c1-12(2)10-14(17)16(9-8-15)11-13-6-4-3-5-7-13/h3-7,12H,8-11,15H2,1-2H3. The highest BCUT2D eigenvalue weighted by atomic mass is 16.2. The predicted octanol–water partition coefficient (Wildman–Crippen LogP) is 2.02. The van der Waals surface area contributed by atoms with Crippen LogP contribution in [0.3, 0.4) is 0 Å². The lowest BCUT2D eigenvalue weighted by Crippen LogP contribution is -2.35. The Kier molecular flexibility index (Phi) is 5.70. The summed E-state index contributed by atoms with van der Waals surface area (Å²) in [5.41, 5.74) is 6.71. The average Bonchev–Trinajstić information content (AvgIpc) is 2.29. The second-order valence-corrected chi connectivity index (χ2v) is 4.69. The molecule has 0 saturated heterocycles. The number of benzene rings is 1. The number of amides is 1. The highest BCUT2D eigenvalue weighted by Gasteiger charge is 2.14. The summed E-state index contributed by atoms with van der Waals surface area (Å²) in [5, 5.41) is 0. The Morgan fingerprint density at radius 1 is 1.29 bits per heavy atom. The van der Waals surface area contributed by atoms with E-state index in [1.807, 2.05) is 35.2 Å². The van der Waals surface area contributed by atoms with Crippen LogP contribution >= 0.6 is 0 Å². The molecule has 0 saturated carbocycles. The van der Waals surface area contributed by atoms with Gasteiger partial charge < -0.3 is 10.6 Å². The molecule has 0 aromatic heterocycles. The van der Waals surface area contributed by atoms with E-state index in [1.165, 1.54) is 0 Å². The molecule has 3 heteroatoms. The van der Waals surface area contributed by atoms with E-state index < -0.39 is 0 Å². The Morgan fingerprint density at radius 2 is 1.94 bits per heavy atom. The Bertz CT molecular complexity index is 335. The van der Waals surface area contributed by atoms with Crippen molar-refractivity contribution in [2.45, 2.75) is 26.8 Å². The quantitative estimate of drug-likeness (QED) is 0.818. The minimum Gasteiger partial charge on any atom is -0.337 e. The number of nitrogens with two attached hydrogens (primary N) is 1. The first-order valence-electron chi connectivity index (χ1n) is 6.15. The Morgan fingerprint density at radius 3 is 2.47 bits per heavy atom. The van der Waals surface area contributed by atoms with Gasteiger partial charge in [-0.2, -0.15) is 0 Å². The van der Waals surface area contributed by atoms with Crippen molar-refractivity contribution in [3.05, 3.63) is 35.9 Å². The normalized spacial score (nSPS) is 10.6. The summed E-state index contributed by atoms with van der Waals surface area (Å²) in [6.07, 6.45) is 0.590. The van der Waals surface area contributed by atoms with Crippen LogP contribution in [0.15, 0.2) is 30.3 Å². The molecule has 0 spiro atoms. The van der Waals surface area contributed by atoms with E-state index in [0.717, 1.165) is 5.56 Å². The second-order valence-electron chi connectivity index (χ2n) is 4.69.